The average Bonchev–Trinajstić information content (AvgIpc) is 2.29. The van der Waals surface area contributed by atoms with Crippen LogP contribution in [0.2, 0.25) is 0 Å². The first-order valence-corrected chi connectivity index (χ1v) is 4.93. The van der Waals surface area contributed by atoms with Crippen molar-refractivity contribution < 1.29 is 19.1 Å². The van der Waals surface area contributed by atoms with Gasteiger partial charge < -0.3 is 4.74 Å². The summed E-state index contributed by atoms with van der Waals surface area (Å²) in [5, 5.41) is 0. The van der Waals surface area contributed by atoms with Gasteiger partial charge >= 0.3 is 11.8 Å². The maximum Gasteiger partial charge on any atom is 0.382 e. The predicted molar refractivity (Wildman–Crippen MR) is 56.8 cm³/mol. The van der Waals surface area contributed by atoms with Crippen molar-refractivity contribution >= 4 is 17.5 Å². The van der Waals surface area contributed by atoms with Gasteiger partial charge in [-0.2, -0.15) is 0 Å². The van der Waals surface area contributed by atoms with Gasteiger partial charge in [-0.1, -0.05) is 30.3 Å². The third kappa shape index (κ3) is 3.31. The largest absolute Gasteiger partial charge is 0.460 e. The molecule has 0 unspecified atom stereocenters. The van der Waals surface area contributed by atoms with Crippen LogP contribution in [0.25, 0.3) is 0 Å². The normalized spacial score (nSPS) is 9.56. The Kier molecular flexibility index (Phi) is 4.39. The number of ketones is 2. The molecule has 0 saturated heterocycles. The molecule has 0 heterocycles. The van der Waals surface area contributed by atoms with E-state index in [-0.39, 0.29) is 13.0 Å². The molecule has 1 rings (SSSR count). The van der Waals surface area contributed by atoms with Crippen molar-refractivity contribution in [2.24, 2.45) is 0 Å². The Morgan fingerprint density at radius 1 is 1.12 bits per heavy atom. The quantitative estimate of drug-likeness (QED) is 0.421. The fourth-order valence-corrected chi connectivity index (χ4v) is 1.17. The number of benzene rings is 1. The molecule has 0 aliphatic heterocycles. The topological polar surface area (TPSA) is 60.4 Å². The molecule has 1 aromatic carbocycles. The molecule has 0 N–H and O–H groups in total. The SMILES string of the molecule is CCOC(=O)C(=O)C(=O)Cc1ccccc1. The van der Waals surface area contributed by atoms with Crippen molar-refractivity contribution in [3.8, 4) is 0 Å². The van der Waals surface area contributed by atoms with Gasteiger partial charge in [0.15, 0.2) is 0 Å². The maximum absolute atomic E-state index is 11.4. The number of carbonyl (C=O) groups excluding carboxylic acids is 3. The summed E-state index contributed by atoms with van der Waals surface area (Å²) in [7, 11) is 0. The molecule has 0 saturated carbocycles. The zero-order valence-corrected chi connectivity index (χ0v) is 8.93. The van der Waals surface area contributed by atoms with Crippen LogP contribution in [0.5, 0.6) is 0 Å². The lowest BCUT2D eigenvalue weighted by Crippen LogP contribution is -2.27. The molecule has 4 heteroatoms. The van der Waals surface area contributed by atoms with Gasteiger partial charge in [-0.3, -0.25) is 9.59 Å². The fourth-order valence-electron chi connectivity index (χ4n) is 1.17. The average molecular weight is 220 g/mol. The molecule has 0 aliphatic carbocycles. The summed E-state index contributed by atoms with van der Waals surface area (Å²) in [6.07, 6.45) is -0.0709. The van der Waals surface area contributed by atoms with Crippen molar-refractivity contribution in [2.45, 2.75) is 13.3 Å². The van der Waals surface area contributed by atoms with Gasteiger partial charge in [0, 0.05) is 6.42 Å². The lowest BCUT2D eigenvalue weighted by Gasteiger charge is -2.00. The molecular weight excluding hydrogens is 208 g/mol. The van der Waals surface area contributed by atoms with Gasteiger partial charge in [-0.15, -0.1) is 0 Å². The minimum absolute atomic E-state index is 0.0709. The molecular formula is C12H12O4. The lowest BCUT2D eigenvalue weighted by molar-refractivity contribution is -0.156. The van der Waals surface area contributed by atoms with Gasteiger partial charge in [0.2, 0.25) is 5.78 Å². The van der Waals surface area contributed by atoms with E-state index in [0.717, 1.165) is 0 Å². The van der Waals surface area contributed by atoms with Crippen LogP contribution in [-0.4, -0.2) is 24.1 Å². The van der Waals surface area contributed by atoms with E-state index in [1.165, 1.54) is 0 Å². The number of hydrogen-bond donors (Lipinski definition) is 0. The van der Waals surface area contributed by atoms with Crippen LogP contribution in [-0.2, 0) is 25.5 Å². The summed E-state index contributed by atoms with van der Waals surface area (Å²) >= 11 is 0. The molecule has 16 heavy (non-hydrogen) atoms. The molecule has 0 radical (unpaired) electrons. The highest BCUT2D eigenvalue weighted by molar-refractivity contribution is 6.62. The van der Waals surface area contributed by atoms with E-state index in [2.05, 4.69) is 4.74 Å². The van der Waals surface area contributed by atoms with Crippen LogP contribution in [0.3, 0.4) is 0 Å². The number of Topliss-reactive ketones (excluding diaryl/α,β-unsaturated/α-hetero) is 2. The Labute approximate surface area is 93.2 Å². The van der Waals surface area contributed by atoms with E-state index < -0.39 is 17.5 Å². The van der Waals surface area contributed by atoms with Crippen LogP contribution in [0.4, 0.5) is 0 Å². The molecule has 1 aromatic rings. The molecule has 0 aliphatic rings. The van der Waals surface area contributed by atoms with Crippen molar-refractivity contribution in [1.82, 2.24) is 0 Å². The zero-order valence-electron chi connectivity index (χ0n) is 8.93. The fraction of sp³-hybridized carbons (Fsp3) is 0.250. The Morgan fingerprint density at radius 2 is 1.75 bits per heavy atom. The second-order valence-corrected chi connectivity index (χ2v) is 3.14. The molecule has 4 nitrogen and oxygen atoms in total. The first kappa shape index (κ1) is 12.1. The van der Waals surface area contributed by atoms with Crippen LogP contribution >= 0.6 is 0 Å². The summed E-state index contributed by atoms with van der Waals surface area (Å²) < 4.78 is 4.45. The minimum Gasteiger partial charge on any atom is -0.460 e. The monoisotopic (exact) mass is 220 g/mol. The molecule has 0 bridgehead atoms. The number of ether oxygens (including phenoxy) is 1. The summed E-state index contributed by atoms with van der Waals surface area (Å²) in [6, 6.07) is 8.77. The van der Waals surface area contributed by atoms with Gasteiger partial charge in [0.1, 0.15) is 0 Å². The van der Waals surface area contributed by atoms with E-state index in [9.17, 15) is 14.4 Å². The Hall–Kier alpha value is -1.97. The number of esters is 1. The standard InChI is InChI=1S/C12H12O4/c1-2-16-12(15)11(14)10(13)8-9-6-4-3-5-7-9/h3-7H,2,8H2,1H3. The van der Waals surface area contributed by atoms with Crippen LogP contribution in [0, 0.1) is 0 Å². The predicted octanol–water partition coefficient (Wildman–Crippen LogP) is 0.930. The molecule has 0 fully saturated rings. The molecule has 0 atom stereocenters. The number of hydrogen-bond acceptors (Lipinski definition) is 4. The highest BCUT2D eigenvalue weighted by Gasteiger charge is 2.23. The second kappa shape index (κ2) is 5.80. The van der Waals surface area contributed by atoms with E-state index in [0.29, 0.717) is 5.56 Å². The van der Waals surface area contributed by atoms with Crippen molar-refractivity contribution in [3.63, 3.8) is 0 Å². The van der Waals surface area contributed by atoms with Crippen LogP contribution in [0.15, 0.2) is 30.3 Å². The van der Waals surface area contributed by atoms with Crippen molar-refractivity contribution in [1.29, 1.82) is 0 Å². The summed E-state index contributed by atoms with van der Waals surface area (Å²) in [6.45, 7) is 1.66. The number of carbonyl (C=O) groups is 3. The third-order valence-electron chi connectivity index (χ3n) is 1.92. The summed E-state index contributed by atoms with van der Waals surface area (Å²) in [4.78, 5) is 33.6. The third-order valence-corrected chi connectivity index (χ3v) is 1.92. The lowest BCUT2D eigenvalue weighted by atomic mass is 10.1. The Morgan fingerprint density at radius 3 is 2.31 bits per heavy atom. The second-order valence-electron chi connectivity index (χ2n) is 3.14. The Balaban J connectivity index is 2.59. The highest BCUT2D eigenvalue weighted by Crippen LogP contribution is 2.01. The van der Waals surface area contributed by atoms with Gasteiger partial charge in [0.25, 0.3) is 0 Å². The van der Waals surface area contributed by atoms with Gasteiger partial charge in [0.05, 0.1) is 6.61 Å². The first-order chi connectivity index (χ1) is 7.65. The zero-order chi connectivity index (χ0) is 12.0. The van der Waals surface area contributed by atoms with E-state index in [4.69, 9.17) is 0 Å². The molecule has 84 valence electrons. The van der Waals surface area contributed by atoms with Crippen LogP contribution in [0.1, 0.15) is 12.5 Å². The highest BCUT2D eigenvalue weighted by atomic mass is 16.5. The summed E-state index contributed by atoms with van der Waals surface area (Å²) in [5.74, 6) is -2.92. The summed E-state index contributed by atoms with van der Waals surface area (Å²) in [5.41, 5.74) is 0.699. The maximum atomic E-state index is 11.4. The van der Waals surface area contributed by atoms with Crippen LogP contribution < -0.4 is 0 Å². The van der Waals surface area contributed by atoms with Gasteiger partial charge in [-0.05, 0) is 12.5 Å². The smallest absolute Gasteiger partial charge is 0.382 e. The first-order valence-electron chi connectivity index (χ1n) is 4.93. The van der Waals surface area contributed by atoms with E-state index >= 15 is 0 Å². The minimum atomic E-state index is -1.09. The van der Waals surface area contributed by atoms with Gasteiger partial charge in [-0.25, -0.2) is 4.79 Å². The van der Waals surface area contributed by atoms with E-state index in [1.807, 2.05) is 0 Å². The Bertz CT molecular complexity index is 395. The van der Waals surface area contributed by atoms with E-state index in [1.54, 1.807) is 37.3 Å². The van der Waals surface area contributed by atoms with Crippen molar-refractivity contribution in [2.75, 3.05) is 6.61 Å². The van der Waals surface area contributed by atoms with Crippen molar-refractivity contribution in [3.05, 3.63) is 35.9 Å². The molecule has 0 aromatic heterocycles. The molecule has 0 spiro atoms. The number of rotatable bonds is 5. The molecule has 0 amide bonds.